The Labute approximate surface area is 211 Å². The Morgan fingerprint density at radius 3 is 2.53 bits per heavy atom. The highest BCUT2D eigenvalue weighted by Crippen LogP contribution is 2.37. The highest BCUT2D eigenvalue weighted by Gasteiger charge is 2.31. The zero-order valence-corrected chi connectivity index (χ0v) is 20.7. The first-order chi connectivity index (χ1) is 17.7. The van der Waals surface area contributed by atoms with Gasteiger partial charge in [-0.05, 0) is 60.0 Å². The van der Waals surface area contributed by atoms with E-state index in [1.807, 2.05) is 35.4 Å². The van der Waals surface area contributed by atoms with E-state index in [4.69, 9.17) is 9.47 Å². The van der Waals surface area contributed by atoms with E-state index in [0.29, 0.717) is 17.9 Å². The number of fused-ring (bicyclic) bond motifs is 3. The summed E-state index contributed by atoms with van der Waals surface area (Å²) in [6.07, 6.45) is 3.94. The average Bonchev–Trinajstić information content (AvgIpc) is 3.36. The third-order valence-corrected chi connectivity index (χ3v) is 7.57. The Bertz CT molecular complexity index is 1280. The maximum absolute atomic E-state index is 13.2. The van der Waals surface area contributed by atoms with Crippen molar-refractivity contribution in [2.45, 2.75) is 18.9 Å². The van der Waals surface area contributed by atoms with Crippen LogP contribution in [0.1, 0.15) is 23.2 Å². The normalized spacial score (nSPS) is 19.8. The number of amides is 1. The molecule has 1 unspecified atom stereocenters. The number of hydrogen-bond donors (Lipinski definition) is 0. The summed E-state index contributed by atoms with van der Waals surface area (Å²) in [4.78, 5) is 24.7. The van der Waals surface area contributed by atoms with Crippen molar-refractivity contribution in [1.29, 1.82) is 0 Å². The molecular formula is C29H32N4O3. The van der Waals surface area contributed by atoms with Gasteiger partial charge in [0, 0.05) is 51.2 Å². The molecule has 3 heterocycles. The lowest BCUT2D eigenvalue weighted by Gasteiger charge is -2.36. The third kappa shape index (κ3) is 4.39. The Morgan fingerprint density at radius 2 is 1.72 bits per heavy atom. The second kappa shape index (κ2) is 9.82. The molecule has 3 aliphatic heterocycles. The molecule has 2 saturated heterocycles. The summed E-state index contributed by atoms with van der Waals surface area (Å²) in [5.41, 5.74) is 2.68. The maximum atomic E-state index is 13.2. The molecule has 186 valence electrons. The van der Waals surface area contributed by atoms with Crippen LogP contribution in [0.25, 0.3) is 10.8 Å². The van der Waals surface area contributed by atoms with Crippen LogP contribution < -0.4 is 14.4 Å². The smallest absolute Gasteiger partial charge is 0.256 e. The fourth-order valence-corrected chi connectivity index (χ4v) is 5.52. The van der Waals surface area contributed by atoms with Gasteiger partial charge in [-0.1, -0.05) is 18.2 Å². The zero-order valence-electron chi connectivity index (χ0n) is 20.7. The number of rotatable bonds is 6. The van der Waals surface area contributed by atoms with Crippen LogP contribution >= 0.6 is 0 Å². The number of nitrogens with zero attached hydrogens (tertiary/aromatic N) is 4. The van der Waals surface area contributed by atoms with Gasteiger partial charge in [0.2, 0.25) is 0 Å². The van der Waals surface area contributed by atoms with Crippen LogP contribution in [0.4, 0.5) is 11.4 Å². The SMILES string of the molecule is COc1cc2cc3c(cc2cc1OCCN1CCN(c2ccccc2)CC1)N=CC1CCCN1C3=O. The average molecular weight is 485 g/mol. The van der Waals surface area contributed by atoms with Crippen LogP contribution in [0, 0.1) is 0 Å². The largest absolute Gasteiger partial charge is 0.493 e. The van der Waals surface area contributed by atoms with Crippen molar-refractivity contribution in [3.05, 3.63) is 60.2 Å². The molecule has 0 N–H and O–H groups in total. The molecule has 6 rings (SSSR count). The van der Waals surface area contributed by atoms with Gasteiger partial charge in [-0.3, -0.25) is 14.7 Å². The van der Waals surface area contributed by atoms with Crippen molar-refractivity contribution < 1.29 is 14.3 Å². The van der Waals surface area contributed by atoms with Crippen molar-refractivity contribution in [2.75, 3.05) is 57.9 Å². The lowest BCUT2D eigenvalue weighted by Crippen LogP contribution is -2.47. The molecule has 3 aromatic rings. The van der Waals surface area contributed by atoms with Gasteiger partial charge >= 0.3 is 0 Å². The van der Waals surface area contributed by atoms with Crippen molar-refractivity contribution in [3.63, 3.8) is 0 Å². The molecular weight excluding hydrogens is 452 g/mol. The van der Waals surface area contributed by atoms with E-state index in [9.17, 15) is 4.79 Å². The van der Waals surface area contributed by atoms with E-state index < -0.39 is 0 Å². The number of carbonyl (C=O) groups is 1. The van der Waals surface area contributed by atoms with Gasteiger partial charge < -0.3 is 19.3 Å². The highest BCUT2D eigenvalue weighted by atomic mass is 16.5. The maximum Gasteiger partial charge on any atom is 0.256 e. The Morgan fingerprint density at radius 1 is 0.944 bits per heavy atom. The van der Waals surface area contributed by atoms with Gasteiger partial charge in [0.25, 0.3) is 5.91 Å². The monoisotopic (exact) mass is 484 g/mol. The first kappa shape index (κ1) is 22.9. The molecule has 0 saturated carbocycles. The van der Waals surface area contributed by atoms with E-state index in [-0.39, 0.29) is 11.9 Å². The summed E-state index contributed by atoms with van der Waals surface area (Å²) in [6.45, 7) is 6.32. The standard InChI is InChI=1S/C29H32N4O3/c1-35-27-18-21-16-25-26(30-20-24-8-5-9-33(24)29(25)34)17-22(21)19-28(27)36-15-14-31-10-12-32(13-11-31)23-6-3-2-4-7-23/h2-4,6-7,16-20,24H,5,8-15H2,1H3. The zero-order chi connectivity index (χ0) is 24.5. The molecule has 1 amide bonds. The highest BCUT2D eigenvalue weighted by molar-refractivity contribution is 6.07. The molecule has 1 atom stereocenters. The van der Waals surface area contributed by atoms with Crippen molar-refractivity contribution in [1.82, 2.24) is 9.80 Å². The van der Waals surface area contributed by atoms with Gasteiger partial charge in [0.05, 0.1) is 24.4 Å². The molecule has 0 aliphatic carbocycles. The topological polar surface area (TPSA) is 57.6 Å². The summed E-state index contributed by atoms with van der Waals surface area (Å²) < 4.78 is 11.9. The minimum atomic E-state index is 0.0681. The Hall–Kier alpha value is -3.58. The van der Waals surface area contributed by atoms with Crippen LogP contribution in [-0.2, 0) is 0 Å². The predicted octanol–water partition coefficient (Wildman–Crippen LogP) is 4.37. The molecule has 7 heteroatoms. The fourth-order valence-electron chi connectivity index (χ4n) is 5.52. The van der Waals surface area contributed by atoms with Gasteiger partial charge in [-0.25, -0.2) is 0 Å². The van der Waals surface area contributed by atoms with Crippen LogP contribution in [0.15, 0.2) is 59.6 Å². The molecule has 2 fully saturated rings. The predicted molar refractivity (Wildman–Crippen MR) is 143 cm³/mol. The minimum Gasteiger partial charge on any atom is -0.493 e. The first-order valence-corrected chi connectivity index (χ1v) is 12.9. The van der Waals surface area contributed by atoms with Crippen LogP contribution in [0.2, 0.25) is 0 Å². The number of aliphatic imine (C=N–C) groups is 1. The number of ether oxygens (including phenoxy) is 2. The van der Waals surface area contributed by atoms with Crippen molar-refractivity contribution >= 4 is 34.3 Å². The third-order valence-electron chi connectivity index (χ3n) is 7.57. The van der Waals surface area contributed by atoms with Gasteiger partial charge in [-0.2, -0.15) is 0 Å². The van der Waals surface area contributed by atoms with Crippen LogP contribution in [-0.4, -0.2) is 80.9 Å². The summed E-state index contributed by atoms with van der Waals surface area (Å²) in [5.74, 6) is 1.47. The molecule has 0 spiro atoms. The van der Waals surface area contributed by atoms with E-state index in [1.54, 1.807) is 7.11 Å². The minimum absolute atomic E-state index is 0.0681. The lowest BCUT2D eigenvalue weighted by atomic mass is 10.0. The molecule has 0 aromatic heterocycles. The quantitative estimate of drug-likeness (QED) is 0.520. The van der Waals surface area contributed by atoms with Crippen LogP contribution in [0.3, 0.4) is 0 Å². The number of hydrogen-bond acceptors (Lipinski definition) is 6. The van der Waals surface area contributed by atoms with Gasteiger partial charge in [0.1, 0.15) is 6.61 Å². The number of piperazine rings is 1. The number of anilines is 1. The van der Waals surface area contributed by atoms with Gasteiger partial charge in [-0.15, -0.1) is 0 Å². The van der Waals surface area contributed by atoms with E-state index in [2.05, 4.69) is 45.1 Å². The van der Waals surface area contributed by atoms with Crippen molar-refractivity contribution in [2.24, 2.45) is 4.99 Å². The van der Waals surface area contributed by atoms with E-state index in [1.165, 1.54) is 5.69 Å². The molecule has 3 aromatic carbocycles. The van der Waals surface area contributed by atoms with Crippen molar-refractivity contribution in [3.8, 4) is 11.5 Å². The summed E-state index contributed by atoms with van der Waals surface area (Å²) in [5, 5.41) is 1.95. The number of para-hydroxylation sites is 1. The molecule has 7 nitrogen and oxygen atoms in total. The molecule has 0 bridgehead atoms. The van der Waals surface area contributed by atoms with E-state index in [0.717, 1.165) is 74.3 Å². The lowest BCUT2D eigenvalue weighted by molar-refractivity contribution is 0.0775. The summed E-state index contributed by atoms with van der Waals surface area (Å²) in [6, 6.07) is 18.6. The molecule has 36 heavy (non-hydrogen) atoms. The second-order valence-electron chi connectivity index (χ2n) is 9.72. The Kier molecular flexibility index (Phi) is 6.23. The number of benzene rings is 3. The summed E-state index contributed by atoms with van der Waals surface area (Å²) in [7, 11) is 1.66. The fraction of sp³-hybridized carbons (Fsp3) is 0.379. The molecule has 3 aliphatic rings. The second-order valence-corrected chi connectivity index (χ2v) is 9.72. The molecule has 0 radical (unpaired) electrons. The van der Waals surface area contributed by atoms with E-state index >= 15 is 0 Å². The van der Waals surface area contributed by atoms with Crippen LogP contribution in [0.5, 0.6) is 11.5 Å². The summed E-state index contributed by atoms with van der Waals surface area (Å²) >= 11 is 0. The Balaban J connectivity index is 1.14. The number of carbonyl (C=O) groups excluding carboxylic acids is 1. The first-order valence-electron chi connectivity index (χ1n) is 12.9. The number of methoxy groups -OCH3 is 1. The van der Waals surface area contributed by atoms with Gasteiger partial charge in [0.15, 0.2) is 11.5 Å².